The fourth-order valence-electron chi connectivity index (χ4n) is 3.92. The van der Waals surface area contributed by atoms with Crippen LogP contribution in [0.4, 0.5) is 8.78 Å². The highest BCUT2D eigenvalue weighted by molar-refractivity contribution is 5.80. The van der Waals surface area contributed by atoms with Crippen molar-refractivity contribution in [3.8, 4) is 0 Å². The van der Waals surface area contributed by atoms with Gasteiger partial charge in [0.15, 0.2) is 5.96 Å². The molecule has 2 fully saturated rings. The number of rotatable bonds is 6. The molecule has 2 N–H and O–H groups in total. The minimum atomic E-state index is -2.25. The predicted molar refractivity (Wildman–Crippen MR) is 103 cm³/mol. The third-order valence-electron chi connectivity index (χ3n) is 5.42. The summed E-state index contributed by atoms with van der Waals surface area (Å²) < 4.78 is 30.9. The molecular weight excluding hydrogens is 350 g/mol. The number of benzene rings is 1. The van der Waals surface area contributed by atoms with Gasteiger partial charge in [0.2, 0.25) is 0 Å². The van der Waals surface area contributed by atoms with E-state index in [0.29, 0.717) is 19.0 Å². The lowest BCUT2D eigenvalue weighted by atomic mass is 9.95. The molecule has 2 aliphatic rings. The summed E-state index contributed by atoms with van der Waals surface area (Å²) in [6.45, 7) is 2.85. The van der Waals surface area contributed by atoms with Crippen molar-refractivity contribution in [3.63, 3.8) is 0 Å². The summed E-state index contributed by atoms with van der Waals surface area (Å²) in [5.74, 6) is 1.18. The molecule has 2 heterocycles. The standard InChI is InChI=1S/C20H30F2N4O/c1-23-20(25-17-7-10-26(11-8-17)14-18(21)22)24-13-16-9-12-27-19(16)15-5-3-2-4-6-15/h2-6,16-19H,7-14H2,1H3,(H2,23,24,25). The first-order chi connectivity index (χ1) is 13.2. The van der Waals surface area contributed by atoms with Gasteiger partial charge in [0.1, 0.15) is 0 Å². The lowest BCUT2D eigenvalue weighted by Crippen LogP contribution is -2.50. The molecule has 2 saturated heterocycles. The summed E-state index contributed by atoms with van der Waals surface area (Å²) in [6, 6.07) is 10.6. The summed E-state index contributed by atoms with van der Waals surface area (Å²) in [4.78, 5) is 6.16. The summed E-state index contributed by atoms with van der Waals surface area (Å²) in [5, 5.41) is 6.87. The number of nitrogens with zero attached hydrogens (tertiary/aromatic N) is 2. The van der Waals surface area contributed by atoms with E-state index in [9.17, 15) is 8.78 Å². The highest BCUT2D eigenvalue weighted by Crippen LogP contribution is 2.33. The highest BCUT2D eigenvalue weighted by atomic mass is 19.3. The smallest absolute Gasteiger partial charge is 0.251 e. The Morgan fingerprint density at radius 3 is 2.63 bits per heavy atom. The Morgan fingerprint density at radius 2 is 1.96 bits per heavy atom. The van der Waals surface area contributed by atoms with Crippen LogP contribution < -0.4 is 10.6 Å². The second-order valence-electron chi connectivity index (χ2n) is 7.31. The van der Waals surface area contributed by atoms with Crippen LogP contribution in [0.3, 0.4) is 0 Å². The van der Waals surface area contributed by atoms with E-state index < -0.39 is 6.43 Å². The molecule has 1 aromatic rings. The number of ether oxygens (including phenoxy) is 1. The number of halogens is 2. The largest absolute Gasteiger partial charge is 0.373 e. The fraction of sp³-hybridized carbons (Fsp3) is 0.650. The van der Waals surface area contributed by atoms with Crippen molar-refractivity contribution < 1.29 is 13.5 Å². The van der Waals surface area contributed by atoms with E-state index in [0.717, 1.165) is 38.4 Å². The number of likely N-dealkylation sites (tertiary alicyclic amines) is 1. The SMILES string of the molecule is CN=C(NCC1CCOC1c1ccccc1)NC1CCN(CC(F)F)CC1. The van der Waals surface area contributed by atoms with Gasteiger partial charge in [-0.3, -0.25) is 9.89 Å². The van der Waals surface area contributed by atoms with Crippen LogP contribution in [0.15, 0.2) is 35.3 Å². The average Bonchev–Trinajstić information content (AvgIpc) is 3.15. The van der Waals surface area contributed by atoms with Crippen LogP contribution in [-0.2, 0) is 4.74 Å². The minimum Gasteiger partial charge on any atom is -0.373 e. The molecule has 2 aliphatic heterocycles. The highest BCUT2D eigenvalue weighted by Gasteiger charge is 2.30. The van der Waals surface area contributed by atoms with Gasteiger partial charge in [0, 0.05) is 45.2 Å². The van der Waals surface area contributed by atoms with Gasteiger partial charge in [-0.2, -0.15) is 0 Å². The molecule has 0 amide bonds. The number of hydrogen-bond acceptors (Lipinski definition) is 3. The molecule has 7 heteroatoms. The maximum atomic E-state index is 12.5. The molecule has 0 saturated carbocycles. The second-order valence-corrected chi connectivity index (χ2v) is 7.31. The normalized spacial score (nSPS) is 25.1. The van der Waals surface area contributed by atoms with Gasteiger partial charge in [-0.15, -0.1) is 0 Å². The number of hydrogen-bond donors (Lipinski definition) is 2. The van der Waals surface area contributed by atoms with Crippen LogP contribution in [0.1, 0.15) is 30.9 Å². The van der Waals surface area contributed by atoms with Crippen molar-refractivity contribution in [2.75, 3.05) is 39.8 Å². The third-order valence-corrected chi connectivity index (χ3v) is 5.42. The number of piperidine rings is 1. The second kappa shape index (κ2) is 9.99. The first-order valence-corrected chi connectivity index (χ1v) is 9.80. The van der Waals surface area contributed by atoms with E-state index >= 15 is 0 Å². The Labute approximate surface area is 160 Å². The van der Waals surface area contributed by atoms with E-state index in [2.05, 4.69) is 27.8 Å². The van der Waals surface area contributed by atoms with E-state index in [-0.39, 0.29) is 18.7 Å². The van der Waals surface area contributed by atoms with Crippen molar-refractivity contribution in [1.29, 1.82) is 0 Å². The van der Waals surface area contributed by atoms with Crippen LogP contribution in [0.5, 0.6) is 0 Å². The zero-order valence-corrected chi connectivity index (χ0v) is 15.9. The number of alkyl halides is 2. The van der Waals surface area contributed by atoms with Gasteiger partial charge in [-0.05, 0) is 24.8 Å². The van der Waals surface area contributed by atoms with Crippen LogP contribution in [-0.4, -0.2) is 63.2 Å². The Kier molecular flexibility index (Phi) is 7.41. The van der Waals surface area contributed by atoms with Crippen LogP contribution in [0.25, 0.3) is 0 Å². The predicted octanol–water partition coefficient (Wildman–Crippen LogP) is 2.66. The molecule has 0 spiro atoms. The first-order valence-electron chi connectivity index (χ1n) is 9.80. The maximum Gasteiger partial charge on any atom is 0.251 e. The van der Waals surface area contributed by atoms with Crippen molar-refractivity contribution in [2.24, 2.45) is 10.9 Å². The van der Waals surface area contributed by atoms with E-state index in [1.807, 2.05) is 23.1 Å². The van der Waals surface area contributed by atoms with Crippen molar-refractivity contribution in [3.05, 3.63) is 35.9 Å². The summed E-state index contributed by atoms with van der Waals surface area (Å²) in [5.41, 5.74) is 1.22. The quantitative estimate of drug-likeness (QED) is 0.589. The van der Waals surface area contributed by atoms with Crippen LogP contribution in [0.2, 0.25) is 0 Å². The number of nitrogens with one attached hydrogen (secondary N) is 2. The van der Waals surface area contributed by atoms with Crippen molar-refractivity contribution in [2.45, 2.75) is 37.8 Å². The molecule has 0 aliphatic carbocycles. The lowest BCUT2D eigenvalue weighted by Gasteiger charge is -2.33. The molecule has 0 aromatic heterocycles. The monoisotopic (exact) mass is 380 g/mol. The van der Waals surface area contributed by atoms with Crippen LogP contribution >= 0.6 is 0 Å². The van der Waals surface area contributed by atoms with E-state index in [1.54, 1.807) is 7.05 Å². The van der Waals surface area contributed by atoms with Crippen molar-refractivity contribution in [1.82, 2.24) is 15.5 Å². The number of guanidine groups is 1. The molecule has 150 valence electrons. The lowest BCUT2D eigenvalue weighted by molar-refractivity contribution is 0.0743. The summed E-state index contributed by atoms with van der Waals surface area (Å²) >= 11 is 0. The summed E-state index contributed by atoms with van der Waals surface area (Å²) in [7, 11) is 1.76. The van der Waals surface area contributed by atoms with Gasteiger partial charge in [0.05, 0.1) is 12.6 Å². The van der Waals surface area contributed by atoms with E-state index in [1.165, 1.54) is 5.56 Å². The van der Waals surface area contributed by atoms with Gasteiger partial charge in [-0.25, -0.2) is 8.78 Å². The average molecular weight is 380 g/mol. The molecule has 27 heavy (non-hydrogen) atoms. The molecular formula is C20H30F2N4O. The zero-order valence-electron chi connectivity index (χ0n) is 15.9. The zero-order chi connectivity index (χ0) is 19.1. The molecule has 0 bridgehead atoms. The van der Waals surface area contributed by atoms with Crippen molar-refractivity contribution >= 4 is 5.96 Å². The molecule has 3 rings (SSSR count). The molecule has 2 atom stereocenters. The van der Waals surface area contributed by atoms with Gasteiger partial charge >= 0.3 is 0 Å². The third kappa shape index (κ3) is 5.87. The van der Waals surface area contributed by atoms with Gasteiger partial charge in [-0.1, -0.05) is 30.3 Å². The maximum absolute atomic E-state index is 12.5. The van der Waals surface area contributed by atoms with Gasteiger partial charge in [0.25, 0.3) is 6.43 Å². The minimum absolute atomic E-state index is 0.120. The topological polar surface area (TPSA) is 48.9 Å². The fourth-order valence-corrected chi connectivity index (χ4v) is 3.92. The first kappa shape index (κ1) is 20.0. The molecule has 0 radical (unpaired) electrons. The Hall–Kier alpha value is -1.73. The Balaban J connectivity index is 1.44. The van der Waals surface area contributed by atoms with Crippen LogP contribution in [0, 0.1) is 5.92 Å². The molecule has 1 aromatic carbocycles. The molecule has 5 nitrogen and oxygen atoms in total. The van der Waals surface area contributed by atoms with E-state index in [4.69, 9.17) is 4.74 Å². The Bertz CT molecular complexity index is 591. The van der Waals surface area contributed by atoms with Gasteiger partial charge < -0.3 is 15.4 Å². The molecule has 2 unspecified atom stereocenters. The number of aliphatic imine (C=N–C) groups is 1. The Morgan fingerprint density at radius 1 is 1.22 bits per heavy atom. The summed E-state index contributed by atoms with van der Waals surface area (Å²) in [6.07, 6.45) is 0.596.